The number of nitrogens with zero attached hydrogens (tertiary/aromatic N) is 1. The van der Waals surface area contributed by atoms with Gasteiger partial charge in [0.2, 0.25) is 0 Å². The minimum absolute atomic E-state index is 0.537. The third kappa shape index (κ3) is 1.45. The van der Waals surface area contributed by atoms with Crippen molar-refractivity contribution in [3.05, 3.63) is 33.4 Å². The first-order valence-corrected chi connectivity index (χ1v) is 5.43. The number of benzene rings is 1. The second kappa shape index (κ2) is 3.57. The maximum atomic E-state index is 6.03. The highest BCUT2D eigenvalue weighted by Gasteiger charge is 2.07. The Hall–Kier alpha value is -0.510. The van der Waals surface area contributed by atoms with Gasteiger partial charge in [-0.05, 0) is 33.6 Å². The van der Waals surface area contributed by atoms with Crippen LogP contribution in [-0.4, -0.2) is 4.57 Å². The van der Waals surface area contributed by atoms with Crippen molar-refractivity contribution in [2.75, 3.05) is 0 Å². The lowest BCUT2D eigenvalue weighted by atomic mass is 10.2. The Morgan fingerprint density at radius 1 is 1.50 bits per heavy atom. The lowest BCUT2D eigenvalue weighted by Crippen LogP contribution is -1.94. The first kappa shape index (κ1) is 10.0. The van der Waals surface area contributed by atoms with E-state index in [9.17, 15) is 0 Å². The second-order valence-corrected chi connectivity index (χ2v) is 4.51. The number of fused-ring (bicyclic) bond motifs is 1. The van der Waals surface area contributed by atoms with Crippen LogP contribution in [0.25, 0.3) is 10.9 Å². The minimum atomic E-state index is 0.537. The number of hydrogen-bond donors (Lipinski definition) is 1. The van der Waals surface area contributed by atoms with Crippen LogP contribution in [0.3, 0.4) is 0 Å². The second-order valence-electron chi connectivity index (χ2n) is 3.25. The van der Waals surface area contributed by atoms with Crippen LogP contribution in [-0.2, 0) is 13.6 Å². The van der Waals surface area contributed by atoms with Crippen LogP contribution in [0.15, 0.2) is 22.8 Å². The number of hydrogen-bond acceptors (Lipinski definition) is 1. The fraction of sp³-hybridized carbons (Fsp3) is 0.200. The first-order chi connectivity index (χ1) is 6.63. The van der Waals surface area contributed by atoms with Gasteiger partial charge in [0, 0.05) is 35.2 Å². The molecule has 0 aliphatic heterocycles. The number of aryl methyl sites for hydroxylation is 1. The van der Waals surface area contributed by atoms with Crippen molar-refractivity contribution < 1.29 is 0 Å². The van der Waals surface area contributed by atoms with Crippen molar-refractivity contribution in [2.45, 2.75) is 6.54 Å². The molecule has 0 fully saturated rings. The molecule has 0 bridgehead atoms. The van der Waals surface area contributed by atoms with Crippen molar-refractivity contribution in [1.29, 1.82) is 0 Å². The molecule has 0 saturated heterocycles. The summed E-state index contributed by atoms with van der Waals surface area (Å²) in [6.45, 7) is 0.537. The summed E-state index contributed by atoms with van der Waals surface area (Å²) in [5, 5.41) is 1.85. The topological polar surface area (TPSA) is 30.9 Å². The van der Waals surface area contributed by atoms with E-state index < -0.39 is 0 Å². The van der Waals surface area contributed by atoms with Crippen molar-refractivity contribution in [3.63, 3.8) is 0 Å². The fourth-order valence-electron chi connectivity index (χ4n) is 1.62. The maximum Gasteiger partial charge on any atom is 0.0555 e. The van der Waals surface area contributed by atoms with E-state index in [-0.39, 0.29) is 0 Å². The summed E-state index contributed by atoms with van der Waals surface area (Å²) in [6.07, 6.45) is 2.04. The SMILES string of the molecule is Cn1cc(CN)c2cc(Cl)c(Br)cc21. The Balaban J connectivity index is 2.84. The van der Waals surface area contributed by atoms with Gasteiger partial charge in [0.05, 0.1) is 5.02 Å². The zero-order valence-corrected chi connectivity index (χ0v) is 10.1. The maximum absolute atomic E-state index is 6.03. The molecule has 0 aliphatic carbocycles. The van der Waals surface area contributed by atoms with E-state index in [0.717, 1.165) is 26.0 Å². The third-order valence-corrected chi connectivity index (χ3v) is 3.53. The van der Waals surface area contributed by atoms with Crippen LogP contribution in [0, 0.1) is 0 Å². The van der Waals surface area contributed by atoms with Gasteiger partial charge >= 0.3 is 0 Å². The third-order valence-electron chi connectivity index (χ3n) is 2.33. The number of halogens is 2. The van der Waals surface area contributed by atoms with Crippen LogP contribution in [0.2, 0.25) is 5.02 Å². The molecule has 0 radical (unpaired) electrons. The molecule has 0 aliphatic rings. The van der Waals surface area contributed by atoms with Gasteiger partial charge in [-0.2, -0.15) is 0 Å². The van der Waals surface area contributed by atoms with Crippen molar-refractivity contribution in [1.82, 2.24) is 4.57 Å². The lowest BCUT2D eigenvalue weighted by Gasteiger charge is -1.99. The van der Waals surface area contributed by atoms with E-state index in [1.165, 1.54) is 0 Å². The molecule has 0 saturated carbocycles. The van der Waals surface area contributed by atoms with E-state index in [4.69, 9.17) is 17.3 Å². The molecule has 0 unspecified atom stereocenters. The normalized spacial score (nSPS) is 11.1. The lowest BCUT2D eigenvalue weighted by molar-refractivity contribution is 0.948. The Morgan fingerprint density at radius 3 is 2.86 bits per heavy atom. The van der Waals surface area contributed by atoms with Gasteiger partial charge in [-0.1, -0.05) is 11.6 Å². The molecule has 1 heterocycles. The zero-order valence-electron chi connectivity index (χ0n) is 7.72. The first-order valence-electron chi connectivity index (χ1n) is 4.26. The molecule has 0 atom stereocenters. The van der Waals surface area contributed by atoms with Gasteiger partial charge in [0.25, 0.3) is 0 Å². The fourth-order valence-corrected chi connectivity index (χ4v) is 2.12. The molecule has 0 spiro atoms. The van der Waals surface area contributed by atoms with Crippen LogP contribution in [0.5, 0.6) is 0 Å². The largest absolute Gasteiger partial charge is 0.350 e. The van der Waals surface area contributed by atoms with Gasteiger partial charge in [-0.25, -0.2) is 0 Å². The average molecular weight is 274 g/mol. The summed E-state index contributed by atoms with van der Waals surface area (Å²) >= 11 is 9.43. The predicted molar refractivity (Wildman–Crippen MR) is 63.5 cm³/mol. The molecule has 4 heteroatoms. The smallest absolute Gasteiger partial charge is 0.0555 e. The number of rotatable bonds is 1. The van der Waals surface area contributed by atoms with Gasteiger partial charge in [0.1, 0.15) is 0 Å². The minimum Gasteiger partial charge on any atom is -0.350 e. The van der Waals surface area contributed by atoms with Crippen molar-refractivity contribution in [3.8, 4) is 0 Å². The molecule has 14 heavy (non-hydrogen) atoms. The Morgan fingerprint density at radius 2 is 2.21 bits per heavy atom. The standard InChI is InChI=1S/C10H10BrClN2/c1-14-5-6(4-13)7-2-9(12)8(11)3-10(7)14/h2-3,5H,4,13H2,1H3. The summed E-state index contributed by atoms with van der Waals surface area (Å²) in [4.78, 5) is 0. The molecule has 74 valence electrons. The molecule has 2 aromatic rings. The van der Waals surface area contributed by atoms with Crippen LogP contribution in [0.1, 0.15) is 5.56 Å². The molecular weight excluding hydrogens is 263 g/mol. The number of nitrogens with two attached hydrogens (primary N) is 1. The molecule has 2 nitrogen and oxygen atoms in total. The predicted octanol–water partition coefficient (Wildman–Crippen LogP) is 3.05. The number of aromatic nitrogens is 1. The van der Waals surface area contributed by atoms with Crippen LogP contribution < -0.4 is 5.73 Å². The van der Waals surface area contributed by atoms with Crippen molar-refractivity contribution >= 4 is 38.4 Å². The van der Waals surface area contributed by atoms with E-state index in [2.05, 4.69) is 20.5 Å². The Labute approximate surface area is 95.8 Å². The molecule has 1 aromatic carbocycles. The zero-order chi connectivity index (χ0) is 10.3. The average Bonchev–Trinajstić information content (AvgIpc) is 2.45. The van der Waals surface area contributed by atoms with Gasteiger partial charge < -0.3 is 10.3 Å². The summed E-state index contributed by atoms with van der Waals surface area (Å²) in [5.74, 6) is 0. The molecular formula is C10H10BrClN2. The highest BCUT2D eigenvalue weighted by Crippen LogP contribution is 2.30. The molecule has 1 aromatic heterocycles. The van der Waals surface area contributed by atoms with Gasteiger partial charge in [-0.3, -0.25) is 0 Å². The van der Waals surface area contributed by atoms with E-state index in [0.29, 0.717) is 6.54 Å². The van der Waals surface area contributed by atoms with Gasteiger partial charge in [0.15, 0.2) is 0 Å². The summed E-state index contributed by atoms with van der Waals surface area (Å²) < 4.78 is 2.97. The van der Waals surface area contributed by atoms with E-state index in [1.807, 2.05) is 25.4 Å². The van der Waals surface area contributed by atoms with Crippen LogP contribution in [0.4, 0.5) is 0 Å². The Bertz CT molecular complexity index is 490. The molecule has 0 amide bonds. The van der Waals surface area contributed by atoms with Crippen molar-refractivity contribution in [2.24, 2.45) is 12.8 Å². The quantitative estimate of drug-likeness (QED) is 0.850. The van der Waals surface area contributed by atoms with E-state index in [1.54, 1.807) is 0 Å². The van der Waals surface area contributed by atoms with Gasteiger partial charge in [-0.15, -0.1) is 0 Å². The highest BCUT2D eigenvalue weighted by atomic mass is 79.9. The summed E-state index contributed by atoms with van der Waals surface area (Å²) in [7, 11) is 2.00. The highest BCUT2D eigenvalue weighted by molar-refractivity contribution is 9.10. The van der Waals surface area contributed by atoms with Crippen LogP contribution >= 0.6 is 27.5 Å². The summed E-state index contributed by atoms with van der Waals surface area (Å²) in [5.41, 5.74) is 7.91. The monoisotopic (exact) mass is 272 g/mol. The summed E-state index contributed by atoms with van der Waals surface area (Å²) in [6, 6.07) is 3.96. The van der Waals surface area contributed by atoms with E-state index >= 15 is 0 Å². The molecule has 2 rings (SSSR count). The molecule has 2 N–H and O–H groups in total. The Kier molecular flexibility index (Phi) is 2.56.